The summed E-state index contributed by atoms with van der Waals surface area (Å²) in [6.45, 7) is 4.94. The fraction of sp³-hybridized carbons (Fsp3) is 0.857. The molecule has 0 aromatic heterocycles. The Balaban J connectivity index is 2.66. The van der Waals surface area contributed by atoms with Crippen molar-refractivity contribution in [1.82, 2.24) is 10.2 Å². The fourth-order valence-corrected chi connectivity index (χ4v) is 2.68. The summed E-state index contributed by atoms with van der Waals surface area (Å²) in [5, 5.41) is 12.6. The quantitative estimate of drug-likeness (QED) is 0.794. The molecule has 0 aromatic rings. The van der Waals surface area contributed by atoms with Crippen molar-refractivity contribution in [2.75, 3.05) is 20.2 Å². The van der Waals surface area contributed by atoms with E-state index in [2.05, 4.69) is 10.1 Å². The minimum absolute atomic E-state index is 0.0809. The summed E-state index contributed by atoms with van der Waals surface area (Å²) in [6.07, 6.45) is 1.75. The molecule has 0 spiro atoms. The number of aliphatic hydroxyl groups excluding tert-OH is 1. The molecule has 2 amide bonds. The zero-order valence-corrected chi connectivity index (χ0v) is 12.6. The largest absolute Gasteiger partial charge is 0.453 e. The van der Waals surface area contributed by atoms with Gasteiger partial charge in [0.2, 0.25) is 5.91 Å². The molecule has 1 aliphatic heterocycles. The van der Waals surface area contributed by atoms with Crippen LogP contribution in [0.4, 0.5) is 4.79 Å². The van der Waals surface area contributed by atoms with Crippen molar-refractivity contribution >= 4 is 12.0 Å². The third kappa shape index (κ3) is 5.00. The van der Waals surface area contributed by atoms with Gasteiger partial charge in [-0.3, -0.25) is 4.79 Å². The number of aliphatic hydroxyl groups is 1. The van der Waals surface area contributed by atoms with E-state index in [9.17, 15) is 14.7 Å². The second-order valence-electron chi connectivity index (χ2n) is 5.38. The number of hydrogen-bond acceptors (Lipinski definition) is 4. The Morgan fingerprint density at radius 1 is 1.40 bits per heavy atom. The number of likely N-dealkylation sites (tertiary alicyclic amines) is 1. The van der Waals surface area contributed by atoms with Crippen LogP contribution < -0.4 is 5.32 Å². The van der Waals surface area contributed by atoms with Gasteiger partial charge in [0.05, 0.1) is 19.3 Å². The van der Waals surface area contributed by atoms with Gasteiger partial charge in [-0.25, -0.2) is 4.79 Å². The van der Waals surface area contributed by atoms with Gasteiger partial charge in [-0.05, 0) is 25.2 Å². The van der Waals surface area contributed by atoms with Crippen molar-refractivity contribution in [3.63, 3.8) is 0 Å². The number of methoxy groups -OCH3 is 1. The normalized spacial score (nSPS) is 24.1. The number of carbonyl (C=O) groups excluding carboxylic acids is 2. The zero-order valence-electron chi connectivity index (χ0n) is 12.6. The Kier molecular flexibility index (Phi) is 6.78. The van der Waals surface area contributed by atoms with Crippen molar-refractivity contribution in [1.29, 1.82) is 0 Å². The maximum Gasteiger partial charge on any atom is 0.407 e. The highest BCUT2D eigenvalue weighted by Gasteiger charge is 2.31. The van der Waals surface area contributed by atoms with Crippen molar-refractivity contribution in [3.8, 4) is 0 Å². The first-order valence-electron chi connectivity index (χ1n) is 7.30. The van der Waals surface area contributed by atoms with E-state index < -0.39 is 6.09 Å². The van der Waals surface area contributed by atoms with Crippen molar-refractivity contribution in [3.05, 3.63) is 0 Å². The molecule has 3 unspecified atom stereocenters. The first-order chi connectivity index (χ1) is 9.49. The number of alkyl carbamates (subject to hydrolysis) is 1. The van der Waals surface area contributed by atoms with Crippen LogP contribution in [0.15, 0.2) is 0 Å². The summed E-state index contributed by atoms with van der Waals surface area (Å²) in [5.74, 6) is 0.286. The fourth-order valence-electron chi connectivity index (χ4n) is 2.68. The number of amides is 2. The molecule has 1 heterocycles. The third-order valence-corrected chi connectivity index (χ3v) is 3.78. The van der Waals surface area contributed by atoms with Gasteiger partial charge in [0.15, 0.2) is 0 Å². The first-order valence-corrected chi connectivity index (χ1v) is 7.30. The molecule has 2 N–H and O–H groups in total. The minimum atomic E-state index is -0.476. The number of carbonyl (C=O) groups is 2. The van der Waals surface area contributed by atoms with Gasteiger partial charge in [0.25, 0.3) is 0 Å². The Morgan fingerprint density at radius 2 is 2.10 bits per heavy atom. The Labute approximate surface area is 120 Å². The van der Waals surface area contributed by atoms with Crippen LogP contribution in [0.5, 0.6) is 0 Å². The number of nitrogens with zero attached hydrogens (tertiary/aromatic N) is 1. The topological polar surface area (TPSA) is 78.9 Å². The molecule has 0 radical (unpaired) electrons. The second-order valence-corrected chi connectivity index (χ2v) is 5.38. The van der Waals surface area contributed by atoms with E-state index in [1.807, 2.05) is 13.8 Å². The number of hydrogen-bond donors (Lipinski definition) is 2. The highest BCUT2D eigenvalue weighted by Crippen LogP contribution is 2.23. The summed E-state index contributed by atoms with van der Waals surface area (Å²) >= 11 is 0. The van der Waals surface area contributed by atoms with Gasteiger partial charge in [0, 0.05) is 19.5 Å². The van der Waals surface area contributed by atoms with Crippen molar-refractivity contribution in [2.45, 2.75) is 51.7 Å². The average Bonchev–Trinajstić information content (AvgIpc) is 2.45. The van der Waals surface area contributed by atoms with Crippen LogP contribution in [0, 0.1) is 5.92 Å². The first kappa shape index (κ1) is 16.8. The Hall–Kier alpha value is -1.30. The van der Waals surface area contributed by atoms with Crippen LogP contribution in [0.2, 0.25) is 0 Å². The molecule has 1 aliphatic rings. The van der Waals surface area contributed by atoms with E-state index in [0.717, 1.165) is 6.42 Å². The second kappa shape index (κ2) is 8.09. The van der Waals surface area contributed by atoms with E-state index >= 15 is 0 Å². The van der Waals surface area contributed by atoms with Crippen LogP contribution in [0.1, 0.15) is 39.5 Å². The monoisotopic (exact) mass is 286 g/mol. The summed E-state index contributed by atoms with van der Waals surface area (Å²) in [7, 11) is 1.32. The molecule has 116 valence electrons. The van der Waals surface area contributed by atoms with Gasteiger partial charge < -0.3 is 20.1 Å². The van der Waals surface area contributed by atoms with E-state index in [1.165, 1.54) is 7.11 Å². The lowest BCUT2D eigenvalue weighted by Crippen LogP contribution is -2.52. The van der Waals surface area contributed by atoms with Crippen LogP contribution in [0.25, 0.3) is 0 Å². The van der Waals surface area contributed by atoms with Gasteiger partial charge in [0.1, 0.15) is 0 Å². The molecule has 1 saturated heterocycles. The molecule has 6 nitrogen and oxygen atoms in total. The zero-order chi connectivity index (χ0) is 15.1. The summed E-state index contributed by atoms with van der Waals surface area (Å²) < 4.78 is 4.61. The van der Waals surface area contributed by atoms with E-state index in [1.54, 1.807) is 4.90 Å². The number of ether oxygens (including phenoxy) is 1. The lowest BCUT2D eigenvalue weighted by molar-refractivity contribution is -0.133. The van der Waals surface area contributed by atoms with E-state index in [0.29, 0.717) is 32.4 Å². The molecule has 0 saturated carbocycles. The Bertz CT molecular complexity index is 335. The standard InChI is InChI=1S/C14H26N2O4/c1-4-12(17)7-10-6-11(15-14(19)20-3)9-16(8-10)13(18)5-2/h10-12,17H,4-9H2,1-3H3,(H,15,19). The number of rotatable bonds is 5. The molecule has 1 fully saturated rings. The van der Waals surface area contributed by atoms with Crippen LogP contribution in [0.3, 0.4) is 0 Å². The maximum absolute atomic E-state index is 11.9. The highest BCUT2D eigenvalue weighted by molar-refractivity contribution is 5.76. The highest BCUT2D eigenvalue weighted by atomic mass is 16.5. The molecule has 0 bridgehead atoms. The lowest BCUT2D eigenvalue weighted by atomic mass is 9.88. The van der Waals surface area contributed by atoms with E-state index in [4.69, 9.17) is 0 Å². The summed E-state index contributed by atoms with van der Waals surface area (Å²) in [5.41, 5.74) is 0. The van der Waals surface area contributed by atoms with Gasteiger partial charge >= 0.3 is 6.09 Å². The lowest BCUT2D eigenvalue weighted by Gasteiger charge is -2.38. The van der Waals surface area contributed by atoms with Gasteiger partial charge in [-0.15, -0.1) is 0 Å². The third-order valence-electron chi connectivity index (χ3n) is 3.78. The molecule has 20 heavy (non-hydrogen) atoms. The van der Waals surface area contributed by atoms with Gasteiger partial charge in [-0.1, -0.05) is 13.8 Å². The average molecular weight is 286 g/mol. The molecule has 1 rings (SSSR count). The van der Waals surface area contributed by atoms with Crippen LogP contribution >= 0.6 is 0 Å². The Morgan fingerprint density at radius 3 is 2.65 bits per heavy atom. The minimum Gasteiger partial charge on any atom is -0.453 e. The molecule has 3 atom stereocenters. The predicted molar refractivity (Wildman–Crippen MR) is 75.2 cm³/mol. The van der Waals surface area contributed by atoms with Crippen molar-refractivity contribution in [2.24, 2.45) is 5.92 Å². The summed E-state index contributed by atoms with van der Waals surface area (Å²) in [6, 6.07) is -0.110. The maximum atomic E-state index is 11.9. The number of nitrogens with one attached hydrogen (secondary N) is 1. The van der Waals surface area contributed by atoms with Gasteiger partial charge in [-0.2, -0.15) is 0 Å². The molecule has 6 heteroatoms. The SMILES string of the molecule is CCC(=O)N1CC(CC(O)CC)CC(NC(=O)OC)C1. The predicted octanol–water partition coefficient (Wildman–Crippen LogP) is 1.13. The molecule has 0 aromatic carbocycles. The number of piperidine rings is 1. The van der Waals surface area contributed by atoms with Crippen LogP contribution in [-0.4, -0.2) is 54.4 Å². The smallest absolute Gasteiger partial charge is 0.407 e. The molecular formula is C14H26N2O4. The van der Waals surface area contributed by atoms with Crippen molar-refractivity contribution < 1.29 is 19.4 Å². The van der Waals surface area contributed by atoms with Crippen LogP contribution in [-0.2, 0) is 9.53 Å². The summed E-state index contributed by atoms with van der Waals surface area (Å²) in [4.78, 5) is 25.0. The molecule has 0 aliphatic carbocycles. The van der Waals surface area contributed by atoms with E-state index in [-0.39, 0.29) is 24.0 Å². The molecular weight excluding hydrogens is 260 g/mol.